The van der Waals surface area contributed by atoms with E-state index in [0.29, 0.717) is 0 Å². The molecule has 2 rings (SSSR count). The van der Waals surface area contributed by atoms with Crippen LogP contribution in [0, 0.1) is 13.8 Å². The summed E-state index contributed by atoms with van der Waals surface area (Å²) >= 11 is 3.68. The second-order valence-electron chi connectivity index (χ2n) is 5.35. The van der Waals surface area contributed by atoms with Crippen molar-refractivity contribution >= 4 is 15.9 Å². The number of aryl methyl sites for hydroxylation is 3. The largest absolute Gasteiger partial charge is 0.319 e. The number of nitrogens with one attached hydrogen (secondary N) is 1. The Morgan fingerprint density at radius 2 is 1.95 bits per heavy atom. The van der Waals surface area contributed by atoms with Gasteiger partial charge in [-0.15, -0.1) is 0 Å². The van der Waals surface area contributed by atoms with E-state index in [4.69, 9.17) is 5.10 Å². The zero-order valence-electron chi connectivity index (χ0n) is 13.5. The lowest BCUT2D eigenvalue weighted by atomic mass is 10.1. The summed E-state index contributed by atoms with van der Waals surface area (Å²) in [5.74, 6) is 0. The third kappa shape index (κ3) is 3.21. The maximum absolute atomic E-state index is 4.70. The van der Waals surface area contributed by atoms with Crippen molar-refractivity contribution in [2.75, 3.05) is 13.6 Å². The summed E-state index contributed by atoms with van der Waals surface area (Å²) in [7, 11) is 3.97. The summed E-state index contributed by atoms with van der Waals surface area (Å²) in [6.07, 6.45) is 1.94. The smallest absolute Gasteiger partial charge is 0.0842 e. The first-order valence-electron chi connectivity index (χ1n) is 7.37. The van der Waals surface area contributed by atoms with Gasteiger partial charge in [0, 0.05) is 12.7 Å². The Morgan fingerprint density at radius 1 is 1.24 bits per heavy atom. The zero-order chi connectivity index (χ0) is 15.6. The first-order chi connectivity index (χ1) is 9.99. The third-order valence-corrected chi connectivity index (χ3v) is 4.87. The van der Waals surface area contributed by atoms with E-state index in [2.05, 4.69) is 51.8 Å². The molecule has 21 heavy (non-hydrogen) atoms. The van der Waals surface area contributed by atoms with Gasteiger partial charge in [-0.2, -0.15) is 10.2 Å². The zero-order valence-corrected chi connectivity index (χ0v) is 15.1. The van der Waals surface area contributed by atoms with Gasteiger partial charge in [0.2, 0.25) is 0 Å². The maximum atomic E-state index is 4.70. The summed E-state index contributed by atoms with van der Waals surface area (Å²) < 4.78 is 5.14. The molecule has 0 bridgehead atoms. The van der Waals surface area contributed by atoms with Crippen LogP contribution in [-0.2, 0) is 26.4 Å². The van der Waals surface area contributed by atoms with Crippen molar-refractivity contribution in [3.63, 3.8) is 0 Å². The van der Waals surface area contributed by atoms with Gasteiger partial charge in [-0.05, 0) is 61.8 Å². The molecule has 0 aliphatic heterocycles. The monoisotopic (exact) mass is 353 g/mol. The van der Waals surface area contributed by atoms with Crippen molar-refractivity contribution in [1.82, 2.24) is 24.9 Å². The summed E-state index contributed by atoms with van der Waals surface area (Å²) in [6.45, 7) is 8.08. The van der Waals surface area contributed by atoms with E-state index in [-0.39, 0.29) is 0 Å². The normalized spacial score (nSPS) is 11.3. The van der Waals surface area contributed by atoms with Gasteiger partial charge in [0.15, 0.2) is 0 Å². The standard InChI is InChI=1S/C15H24BrN5/c1-6-13-15(16)14(20(5)19-13)9-21-11(3)12(7-8-17-4)10(2)18-21/h17H,6-9H2,1-5H3. The van der Waals surface area contributed by atoms with Crippen LogP contribution in [0.2, 0.25) is 0 Å². The number of nitrogens with zero attached hydrogens (tertiary/aromatic N) is 4. The van der Waals surface area contributed by atoms with Gasteiger partial charge in [-0.25, -0.2) is 0 Å². The molecule has 2 heterocycles. The highest BCUT2D eigenvalue weighted by atomic mass is 79.9. The Morgan fingerprint density at radius 3 is 2.52 bits per heavy atom. The van der Waals surface area contributed by atoms with Crippen LogP contribution in [0.3, 0.4) is 0 Å². The number of hydrogen-bond acceptors (Lipinski definition) is 3. The van der Waals surface area contributed by atoms with Crippen molar-refractivity contribution < 1.29 is 0 Å². The van der Waals surface area contributed by atoms with Crippen LogP contribution in [0.5, 0.6) is 0 Å². The first-order valence-corrected chi connectivity index (χ1v) is 8.16. The first kappa shape index (κ1) is 16.2. The molecule has 0 saturated heterocycles. The van der Waals surface area contributed by atoms with Crippen molar-refractivity contribution in [2.24, 2.45) is 7.05 Å². The molecule has 0 aliphatic rings. The van der Waals surface area contributed by atoms with E-state index < -0.39 is 0 Å². The van der Waals surface area contributed by atoms with E-state index in [1.54, 1.807) is 0 Å². The molecule has 0 aliphatic carbocycles. The Bertz CT molecular complexity index is 627. The Kier molecular flexibility index (Phi) is 5.22. The molecule has 0 fully saturated rings. The van der Waals surface area contributed by atoms with Gasteiger partial charge in [-0.1, -0.05) is 6.92 Å². The Balaban J connectivity index is 2.30. The van der Waals surface area contributed by atoms with Gasteiger partial charge in [0.25, 0.3) is 0 Å². The van der Waals surface area contributed by atoms with E-state index in [0.717, 1.165) is 47.5 Å². The lowest BCUT2D eigenvalue weighted by Crippen LogP contribution is -2.12. The molecule has 2 aromatic rings. The summed E-state index contributed by atoms with van der Waals surface area (Å²) in [4.78, 5) is 0. The van der Waals surface area contributed by atoms with Crippen LogP contribution in [0.15, 0.2) is 4.47 Å². The number of likely N-dealkylation sites (N-methyl/N-ethyl adjacent to an activating group) is 1. The molecular weight excluding hydrogens is 330 g/mol. The second kappa shape index (κ2) is 6.75. The fourth-order valence-corrected chi connectivity index (χ4v) is 3.37. The third-order valence-electron chi connectivity index (χ3n) is 3.96. The van der Waals surface area contributed by atoms with Crippen LogP contribution < -0.4 is 5.32 Å². The molecule has 0 amide bonds. The molecular formula is C15H24BrN5. The van der Waals surface area contributed by atoms with E-state index >= 15 is 0 Å². The minimum atomic E-state index is 0.746. The van der Waals surface area contributed by atoms with E-state index in [1.807, 2.05) is 18.8 Å². The molecule has 0 aromatic carbocycles. The molecule has 2 aromatic heterocycles. The van der Waals surface area contributed by atoms with Gasteiger partial charge in [-0.3, -0.25) is 9.36 Å². The van der Waals surface area contributed by atoms with Gasteiger partial charge in [0.05, 0.1) is 28.1 Å². The van der Waals surface area contributed by atoms with Crippen LogP contribution >= 0.6 is 15.9 Å². The molecule has 0 saturated carbocycles. The quantitative estimate of drug-likeness (QED) is 0.867. The lowest BCUT2D eigenvalue weighted by Gasteiger charge is -2.07. The second-order valence-corrected chi connectivity index (χ2v) is 6.14. The van der Waals surface area contributed by atoms with Crippen LogP contribution in [-0.4, -0.2) is 33.2 Å². The number of halogens is 1. The number of aromatic nitrogens is 4. The minimum absolute atomic E-state index is 0.746. The van der Waals surface area contributed by atoms with Crippen molar-refractivity contribution in [2.45, 2.75) is 40.2 Å². The summed E-state index contributed by atoms with van der Waals surface area (Å²) in [5.41, 5.74) is 5.98. The van der Waals surface area contributed by atoms with Crippen molar-refractivity contribution in [3.8, 4) is 0 Å². The fourth-order valence-electron chi connectivity index (χ4n) is 2.63. The molecule has 0 atom stereocenters. The highest BCUT2D eigenvalue weighted by Crippen LogP contribution is 2.23. The predicted molar refractivity (Wildman–Crippen MR) is 88.7 cm³/mol. The van der Waals surface area contributed by atoms with Crippen LogP contribution in [0.25, 0.3) is 0 Å². The average Bonchev–Trinajstić information content (AvgIpc) is 2.88. The predicted octanol–water partition coefficient (Wildman–Crippen LogP) is 2.37. The van der Waals surface area contributed by atoms with Crippen LogP contribution in [0.1, 0.15) is 35.3 Å². The minimum Gasteiger partial charge on any atom is -0.319 e. The maximum Gasteiger partial charge on any atom is 0.0842 e. The SMILES string of the molecule is CCc1nn(C)c(Cn2nc(C)c(CCNC)c2C)c1Br. The molecule has 0 radical (unpaired) electrons. The summed E-state index contributed by atoms with van der Waals surface area (Å²) in [5, 5.41) is 12.5. The molecule has 6 heteroatoms. The molecule has 0 unspecified atom stereocenters. The highest BCUT2D eigenvalue weighted by molar-refractivity contribution is 9.10. The molecule has 5 nitrogen and oxygen atoms in total. The molecule has 116 valence electrons. The van der Waals surface area contributed by atoms with E-state index in [1.165, 1.54) is 11.3 Å². The average molecular weight is 354 g/mol. The van der Waals surface area contributed by atoms with E-state index in [9.17, 15) is 0 Å². The summed E-state index contributed by atoms with van der Waals surface area (Å²) in [6, 6.07) is 0. The van der Waals surface area contributed by atoms with Crippen molar-refractivity contribution in [3.05, 3.63) is 32.8 Å². The van der Waals surface area contributed by atoms with Crippen LogP contribution in [0.4, 0.5) is 0 Å². The van der Waals surface area contributed by atoms with Gasteiger partial charge in [0.1, 0.15) is 0 Å². The molecule has 0 spiro atoms. The number of hydrogen-bond donors (Lipinski definition) is 1. The van der Waals surface area contributed by atoms with Crippen molar-refractivity contribution in [1.29, 1.82) is 0 Å². The Hall–Kier alpha value is -1.14. The highest BCUT2D eigenvalue weighted by Gasteiger charge is 2.16. The Labute approximate surface area is 134 Å². The lowest BCUT2D eigenvalue weighted by molar-refractivity contribution is 0.600. The molecule has 1 N–H and O–H groups in total. The number of rotatable bonds is 6. The van der Waals surface area contributed by atoms with Gasteiger partial charge < -0.3 is 5.32 Å². The van der Waals surface area contributed by atoms with Gasteiger partial charge >= 0.3 is 0 Å². The topological polar surface area (TPSA) is 47.7 Å². The fraction of sp³-hybridized carbons (Fsp3) is 0.600.